The molecule has 0 saturated heterocycles. The standard InChI is InChI=1S/C15H16O2S/c1-10-7-11(2)15(12(3)8-10)17-14(16)9-13-5-4-6-18-13/h4-8H,9H2,1-3H3. The van der Waals surface area contributed by atoms with Gasteiger partial charge in [0.2, 0.25) is 0 Å². The van der Waals surface area contributed by atoms with Crippen LogP contribution in [0.2, 0.25) is 0 Å². The molecule has 0 aliphatic carbocycles. The number of thiophene rings is 1. The van der Waals surface area contributed by atoms with Gasteiger partial charge in [0, 0.05) is 4.88 Å². The SMILES string of the molecule is Cc1cc(C)c(OC(=O)Cc2cccs2)c(C)c1. The van der Waals surface area contributed by atoms with Crippen molar-refractivity contribution in [3.63, 3.8) is 0 Å². The molecule has 2 rings (SSSR count). The highest BCUT2D eigenvalue weighted by molar-refractivity contribution is 7.10. The largest absolute Gasteiger partial charge is 0.426 e. The number of rotatable bonds is 3. The molecule has 1 aromatic heterocycles. The number of carbonyl (C=O) groups is 1. The molecule has 18 heavy (non-hydrogen) atoms. The third kappa shape index (κ3) is 2.99. The van der Waals surface area contributed by atoms with Crippen LogP contribution in [0.5, 0.6) is 5.75 Å². The molecule has 0 radical (unpaired) electrons. The van der Waals surface area contributed by atoms with Crippen molar-refractivity contribution in [3.05, 3.63) is 51.2 Å². The van der Waals surface area contributed by atoms with E-state index in [0.717, 1.165) is 16.0 Å². The van der Waals surface area contributed by atoms with Gasteiger partial charge in [-0.25, -0.2) is 0 Å². The lowest BCUT2D eigenvalue weighted by atomic mass is 10.1. The average Bonchev–Trinajstić information content (AvgIpc) is 2.76. The van der Waals surface area contributed by atoms with Gasteiger partial charge >= 0.3 is 5.97 Å². The van der Waals surface area contributed by atoms with Gasteiger partial charge < -0.3 is 4.74 Å². The van der Waals surface area contributed by atoms with E-state index in [0.29, 0.717) is 12.2 Å². The number of hydrogen-bond donors (Lipinski definition) is 0. The summed E-state index contributed by atoms with van der Waals surface area (Å²) in [6.07, 6.45) is 0.338. The lowest BCUT2D eigenvalue weighted by Crippen LogP contribution is -2.12. The number of esters is 1. The molecule has 0 amide bonds. The molecule has 1 aromatic carbocycles. The van der Waals surface area contributed by atoms with Crippen molar-refractivity contribution in [1.82, 2.24) is 0 Å². The highest BCUT2D eigenvalue weighted by atomic mass is 32.1. The van der Waals surface area contributed by atoms with Crippen LogP contribution in [0.1, 0.15) is 21.6 Å². The van der Waals surface area contributed by atoms with Gasteiger partial charge in [0.15, 0.2) is 0 Å². The molecule has 0 spiro atoms. The lowest BCUT2D eigenvalue weighted by molar-refractivity contribution is -0.133. The Hall–Kier alpha value is -1.61. The van der Waals surface area contributed by atoms with E-state index in [-0.39, 0.29) is 5.97 Å². The predicted octanol–water partition coefficient (Wildman–Crippen LogP) is 3.82. The molecular formula is C15H16O2S. The number of carbonyl (C=O) groups excluding carboxylic acids is 1. The summed E-state index contributed by atoms with van der Waals surface area (Å²) in [5, 5.41) is 1.96. The number of aryl methyl sites for hydroxylation is 3. The van der Waals surface area contributed by atoms with Crippen molar-refractivity contribution in [2.45, 2.75) is 27.2 Å². The second kappa shape index (κ2) is 5.36. The summed E-state index contributed by atoms with van der Waals surface area (Å²) >= 11 is 1.57. The number of benzene rings is 1. The van der Waals surface area contributed by atoms with Crippen molar-refractivity contribution >= 4 is 17.3 Å². The fourth-order valence-electron chi connectivity index (χ4n) is 2.03. The van der Waals surface area contributed by atoms with Crippen LogP contribution in [0.15, 0.2) is 29.6 Å². The summed E-state index contributed by atoms with van der Waals surface area (Å²) in [6, 6.07) is 7.94. The van der Waals surface area contributed by atoms with Crippen LogP contribution >= 0.6 is 11.3 Å². The fraction of sp³-hybridized carbons (Fsp3) is 0.267. The second-order valence-corrected chi connectivity index (χ2v) is 5.49. The van der Waals surface area contributed by atoms with Crippen LogP contribution in [0, 0.1) is 20.8 Å². The van der Waals surface area contributed by atoms with Gasteiger partial charge in [-0.2, -0.15) is 0 Å². The molecule has 1 heterocycles. The maximum atomic E-state index is 11.9. The molecule has 0 fully saturated rings. The van der Waals surface area contributed by atoms with Crippen LogP contribution in [0.3, 0.4) is 0 Å². The van der Waals surface area contributed by atoms with Gasteiger partial charge in [-0.1, -0.05) is 23.8 Å². The van der Waals surface area contributed by atoms with E-state index in [9.17, 15) is 4.79 Å². The highest BCUT2D eigenvalue weighted by Crippen LogP contribution is 2.25. The first-order chi connectivity index (χ1) is 8.56. The summed E-state index contributed by atoms with van der Waals surface area (Å²) in [5.41, 5.74) is 3.20. The highest BCUT2D eigenvalue weighted by Gasteiger charge is 2.11. The monoisotopic (exact) mass is 260 g/mol. The zero-order chi connectivity index (χ0) is 13.1. The molecule has 0 N–H and O–H groups in total. The Morgan fingerprint density at radius 2 is 1.89 bits per heavy atom. The average molecular weight is 260 g/mol. The van der Waals surface area contributed by atoms with Gasteiger partial charge in [0.05, 0.1) is 6.42 Å². The van der Waals surface area contributed by atoms with E-state index in [4.69, 9.17) is 4.74 Å². The first-order valence-corrected chi connectivity index (χ1v) is 6.75. The van der Waals surface area contributed by atoms with E-state index in [1.165, 1.54) is 5.56 Å². The molecule has 0 aliphatic heterocycles. The van der Waals surface area contributed by atoms with Crippen molar-refractivity contribution < 1.29 is 9.53 Å². The third-order valence-corrected chi connectivity index (χ3v) is 3.60. The molecular weight excluding hydrogens is 244 g/mol. The van der Waals surface area contributed by atoms with Crippen molar-refractivity contribution in [2.24, 2.45) is 0 Å². The van der Waals surface area contributed by atoms with Crippen molar-refractivity contribution in [3.8, 4) is 5.75 Å². The quantitative estimate of drug-likeness (QED) is 0.619. The minimum absolute atomic E-state index is 0.201. The normalized spacial score (nSPS) is 10.4. The van der Waals surface area contributed by atoms with E-state index in [2.05, 4.69) is 0 Å². The smallest absolute Gasteiger partial charge is 0.316 e. The molecule has 0 atom stereocenters. The van der Waals surface area contributed by atoms with Crippen LogP contribution < -0.4 is 4.74 Å². The van der Waals surface area contributed by atoms with Crippen LogP contribution in [-0.4, -0.2) is 5.97 Å². The lowest BCUT2D eigenvalue weighted by Gasteiger charge is -2.11. The zero-order valence-corrected chi connectivity index (χ0v) is 11.6. The molecule has 0 bridgehead atoms. The maximum absolute atomic E-state index is 11.9. The van der Waals surface area contributed by atoms with Crippen molar-refractivity contribution in [2.75, 3.05) is 0 Å². The molecule has 2 nitrogen and oxygen atoms in total. The Morgan fingerprint density at radius 1 is 1.22 bits per heavy atom. The molecule has 94 valence electrons. The fourth-order valence-corrected chi connectivity index (χ4v) is 2.72. The first-order valence-electron chi connectivity index (χ1n) is 5.87. The molecule has 0 unspecified atom stereocenters. The third-order valence-electron chi connectivity index (χ3n) is 2.72. The van der Waals surface area contributed by atoms with Gasteiger partial charge in [-0.15, -0.1) is 11.3 Å². The van der Waals surface area contributed by atoms with E-state index in [1.54, 1.807) is 11.3 Å². The molecule has 0 aliphatic rings. The Labute approximate surface area is 111 Å². The zero-order valence-electron chi connectivity index (χ0n) is 10.8. The van der Waals surface area contributed by atoms with Gasteiger partial charge in [-0.3, -0.25) is 4.79 Å². The minimum atomic E-state index is -0.201. The van der Waals surface area contributed by atoms with Gasteiger partial charge in [0.1, 0.15) is 5.75 Å². The Bertz CT molecular complexity index is 533. The molecule has 0 saturated carbocycles. The van der Waals surface area contributed by atoms with Crippen LogP contribution in [0.4, 0.5) is 0 Å². The number of hydrogen-bond acceptors (Lipinski definition) is 3. The van der Waals surface area contributed by atoms with Crippen LogP contribution in [-0.2, 0) is 11.2 Å². The summed E-state index contributed by atoms with van der Waals surface area (Å²) in [5.74, 6) is 0.495. The summed E-state index contributed by atoms with van der Waals surface area (Å²) in [4.78, 5) is 12.9. The molecule has 2 aromatic rings. The summed E-state index contributed by atoms with van der Waals surface area (Å²) < 4.78 is 5.47. The van der Waals surface area contributed by atoms with E-state index < -0.39 is 0 Å². The topological polar surface area (TPSA) is 26.3 Å². The number of ether oxygens (including phenoxy) is 1. The Balaban J connectivity index is 2.12. The van der Waals surface area contributed by atoms with Gasteiger partial charge in [0.25, 0.3) is 0 Å². The van der Waals surface area contributed by atoms with E-state index >= 15 is 0 Å². The predicted molar refractivity (Wildman–Crippen MR) is 74.3 cm³/mol. The van der Waals surface area contributed by atoms with Crippen LogP contribution in [0.25, 0.3) is 0 Å². The summed E-state index contributed by atoms with van der Waals surface area (Å²) in [7, 11) is 0. The first kappa shape index (κ1) is 12.8. The Kier molecular flexibility index (Phi) is 3.82. The minimum Gasteiger partial charge on any atom is -0.426 e. The maximum Gasteiger partial charge on any atom is 0.316 e. The second-order valence-electron chi connectivity index (χ2n) is 4.46. The Morgan fingerprint density at radius 3 is 2.44 bits per heavy atom. The van der Waals surface area contributed by atoms with Gasteiger partial charge in [-0.05, 0) is 43.3 Å². The summed E-state index contributed by atoms with van der Waals surface area (Å²) in [6.45, 7) is 5.97. The molecule has 3 heteroatoms. The van der Waals surface area contributed by atoms with Crippen molar-refractivity contribution in [1.29, 1.82) is 0 Å². The van der Waals surface area contributed by atoms with E-state index in [1.807, 2.05) is 50.4 Å².